The van der Waals surface area contributed by atoms with Gasteiger partial charge in [-0.25, -0.2) is 0 Å². The van der Waals surface area contributed by atoms with Gasteiger partial charge in [0.1, 0.15) is 0 Å². The van der Waals surface area contributed by atoms with Crippen molar-refractivity contribution in [3.63, 3.8) is 0 Å². The molecule has 1 aromatic heterocycles. The van der Waals surface area contributed by atoms with Crippen molar-refractivity contribution in [3.05, 3.63) is 74.2 Å². The molecular weight excluding hydrogens is 298 g/mol. The minimum absolute atomic E-state index is 0.0553. The van der Waals surface area contributed by atoms with Gasteiger partial charge in [-0.3, -0.25) is 19.7 Å². The number of rotatable bonds is 6. The van der Waals surface area contributed by atoms with Gasteiger partial charge < -0.3 is 9.88 Å². The molecule has 0 bridgehead atoms. The molecule has 2 aromatic rings. The topological polar surface area (TPSA) is 94.2 Å². The molecular formula is C16H17N3O4. The highest BCUT2D eigenvalue weighted by atomic mass is 16.6. The van der Waals surface area contributed by atoms with Crippen molar-refractivity contribution in [1.29, 1.82) is 0 Å². The number of hydrogen-bond donors (Lipinski definition) is 1. The molecule has 1 amide bonds. The Morgan fingerprint density at radius 2 is 1.96 bits per heavy atom. The second-order valence-electron chi connectivity index (χ2n) is 5.15. The van der Waals surface area contributed by atoms with Crippen LogP contribution in [-0.2, 0) is 6.54 Å². The number of aryl methyl sites for hydroxylation is 2. The second-order valence-corrected chi connectivity index (χ2v) is 5.15. The Morgan fingerprint density at radius 3 is 2.57 bits per heavy atom. The van der Waals surface area contributed by atoms with Gasteiger partial charge in [0.2, 0.25) is 0 Å². The number of nitrogens with zero attached hydrogens (tertiary/aromatic N) is 2. The Kier molecular flexibility index (Phi) is 5.24. The highest BCUT2D eigenvalue weighted by Gasteiger charge is 2.08. The molecule has 0 fully saturated rings. The molecule has 1 heterocycles. The largest absolute Gasteiger partial charge is 0.352 e. The van der Waals surface area contributed by atoms with E-state index in [0.29, 0.717) is 25.1 Å². The normalized spacial score (nSPS) is 10.3. The minimum Gasteiger partial charge on any atom is -0.352 e. The van der Waals surface area contributed by atoms with Gasteiger partial charge in [-0.1, -0.05) is 0 Å². The number of nitrogens with one attached hydrogen (secondary N) is 1. The number of non-ortho nitro benzene ring substituents is 1. The molecule has 120 valence electrons. The number of benzene rings is 1. The summed E-state index contributed by atoms with van der Waals surface area (Å²) in [7, 11) is 0. The van der Waals surface area contributed by atoms with Crippen LogP contribution in [0.4, 0.5) is 5.69 Å². The summed E-state index contributed by atoms with van der Waals surface area (Å²) in [6.07, 6.45) is 2.34. The molecule has 7 heteroatoms. The Hall–Kier alpha value is -2.96. The summed E-state index contributed by atoms with van der Waals surface area (Å²) in [4.78, 5) is 33.6. The molecule has 0 aliphatic carbocycles. The molecule has 7 nitrogen and oxygen atoms in total. The molecule has 0 radical (unpaired) electrons. The van der Waals surface area contributed by atoms with Gasteiger partial charge in [0.15, 0.2) is 0 Å². The third-order valence-corrected chi connectivity index (χ3v) is 3.35. The summed E-state index contributed by atoms with van der Waals surface area (Å²) in [6.45, 7) is 2.78. The van der Waals surface area contributed by atoms with Crippen LogP contribution in [0.15, 0.2) is 47.4 Å². The number of carbonyl (C=O) groups is 1. The first-order chi connectivity index (χ1) is 11.0. The molecule has 0 saturated heterocycles. The maximum atomic E-state index is 11.9. The molecule has 23 heavy (non-hydrogen) atoms. The van der Waals surface area contributed by atoms with Crippen LogP contribution in [0.25, 0.3) is 0 Å². The first-order valence-electron chi connectivity index (χ1n) is 7.17. The summed E-state index contributed by atoms with van der Waals surface area (Å²) in [5.74, 6) is -0.295. The van der Waals surface area contributed by atoms with Crippen LogP contribution >= 0.6 is 0 Å². The van der Waals surface area contributed by atoms with Gasteiger partial charge in [-0.05, 0) is 37.1 Å². The fourth-order valence-corrected chi connectivity index (χ4v) is 2.08. The number of nitro benzene ring substituents is 1. The van der Waals surface area contributed by atoms with Crippen LogP contribution in [0.1, 0.15) is 22.3 Å². The quantitative estimate of drug-likeness (QED) is 0.500. The van der Waals surface area contributed by atoms with Crippen LogP contribution in [0.5, 0.6) is 0 Å². The van der Waals surface area contributed by atoms with Gasteiger partial charge in [-0.2, -0.15) is 0 Å². The molecule has 0 atom stereocenters. The first-order valence-corrected chi connectivity index (χ1v) is 7.17. The SMILES string of the molecule is Cc1ccn(CCCNC(=O)c2ccc([N+](=O)[O-])cc2)c(=O)c1. The second kappa shape index (κ2) is 7.35. The van der Waals surface area contributed by atoms with E-state index in [4.69, 9.17) is 0 Å². The average Bonchev–Trinajstić information content (AvgIpc) is 2.53. The summed E-state index contributed by atoms with van der Waals surface area (Å²) in [5, 5.41) is 13.3. The van der Waals surface area contributed by atoms with Gasteiger partial charge in [0.25, 0.3) is 17.2 Å². The third kappa shape index (κ3) is 4.50. The van der Waals surface area contributed by atoms with Crippen LogP contribution in [0, 0.1) is 17.0 Å². The number of amides is 1. The van der Waals surface area contributed by atoms with Crippen LogP contribution in [0.2, 0.25) is 0 Å². The summed E-state index contributed by atoms with van der Waals surface area (Å²) >= 11 is 0. The van der Waals surface area contributed by atoms with Crippen LogP contribution in [-0.4, -0.2) is 21.9 Å². The predicted molar refractivity (Wildman–Crippen MR) is 85.5 cm³/mol. The number of hydrogen-bond acceptors (Lipinski definition) is 4. The maximum absolute atomic E-state index is 11.9. The average molecular weight is 315 g/mol. The lowest BCUT2D eigenvalue weighted by Crippen LogP contribution is -2.26. The van der Waals surface area contributed by atoms with E-state index < -0.39 is 4.92 Å². The maximum Gasteiger partial charge on any atom is 0.269 e. The fourth-order valence-electron chi connectivity index (χ4n) is 2.08. The van der Waals surface area contributed by atoms with Gasteiger partial charge in [-0.15, -0.1) is 0 Å². The van der Waals surface area contributed by atoms with Gasteiger partial charge >= 0.3 is 0 Å². The molecule has 1 aromatic carbocycles. The van der Waals surface area contributed by atoms with E-state index in [-0.39, 0.29) is 17.2 Å². The standard InChI is InChI=1S/C16H17N3O4/c1-12-7-10-18(15(20)11-12)9-2-8-17-16(21)13-3-5-14(6-4-13)19(22)23/h3-7,10-11H,2,8-9H2,1H3,(H,17,21). The minimum atomic E-state index is -0.513. The fraction of sp³-hybridized carbons (Fsp3) is 0.250. The van der Waals surface area contributed by atoms with Crippen LogP contribution in [0.3, 0.4) is 0 Å². The van der Waals surface area contributed by atoms with E-state index in [0.717, 1.165) is 5.56 Å². The van der Waals surface area contributed by atoms with Gasteiger partial charge in [0.05, 0.1) is 4.92 Å². The third-order valence-electron chi connectivity index (χ3n) is 3.35. The number of aromatic nitrogens is 1. The van der Waals surface area contributed by atoms with E-state index in [1.54, 1.807) is 16.8 Å². The zero-order valence-corrected chi connectivity index (χ0v) is 12.7. The highest BCUT2D eigenvalue weighted by molar-refractivity contribution is 5.94. The van der Waals surface area contributed by atoms with Crippen molar-refractivity contribution < 1.29 is 9.72 Å². The van der Waals surface area contributed by atoms with E-state index >= 15 is 0 Å². The first kappa shape index (κ1) is 16.4. The Morgan fingerprint density at radius 1 is 1.26 bits per heavy atom. The zero-order chi connectivity index (χ0) is 16.8. The van der Waals surface area contributed by atoms with E-state index in [1.807, 2.05) is 13.0 Å². The number of pyridine rings is 1. The Labute approximate surface area is 132 Å². The van der Waals surface area contributed by atoms with Crippen molar-refractivity contribution >= 4 is 11.6 Å². The zero-order valence-electron chi connectivity index (χ0n) is 12.7. The molecule has 2 rings (SSSR count). The van der Waals surface area contributed by atoms with E-state index in [2.05, 4.69) is 5.32 Å². The van der Waals surface area contributed by atoms with Crippen molar-refractivity contribution in [2.45, 2.75) is 19.9 Å². The number of nitro groups is 1. The molecule has 0 saturated carbocycles. The van der Waals surface area contributed by atoms with Crippen LogP contribution < -0.4 is 10.9 Å². The lowest BCUT2D eigenvalue weighted by molar-refractivity contribution is -0.384. The lowest BCUT2D eigenvalue weighted by atomic mass is 10.2. The number of carbonyl (C=O) groups excluding carboxylic acids is 1. The summed E-state index contributed by atoms with van der Waals surface area (Å²) < 4.78 is 1.59. The predicted octanol–water partition coefficient (Wildman–Crippen LogP) is 1.89. The molecule has 0 spiro atoms. The smallest absolute Gasteiger partial charge is 0.269 e. The van der Waals surface area contributed by atoms with Crippen molar-refractivity contribution in [1.82, 2.24) is 9.88 Å². The Bertz CT molecular complexity index is 766. The molecule has 0 aliphatic rings. The highest BCUT2D eigenvalue weighted by Crippen LogP contribution is 2.11. The van der Waals surface area contributed by atoms with E-state index in [1.165, 1.54) is 24.3 Å². The summed E-state index contributed by atoms with van der Waals surface area (Å²) in [6, 6.07) is 8.84. The Balaban J connectivity index is 1.82. The monoisotopic (exact) mass is 315 g/mol. The summed E-state index contributed by atoms with van der Waals surface area (Å²) in [5.41, 5.74) is 1.16. The molecule has 0 aliphatic heterocycles. The van der Waals surface area contributed by atoms with Crippen molar-refractivity contribution in [2.24, 2.45) is 0 Å². The van der Waals surface area contributed by atoms with Gasteiger partial charge in [0, 0.05) is 43.0 Å². The van der Waals surface area contributed by atoms with Crippen molar-refractivity contribution in [3.8, 4) is 0 Å². The lowest BCUT2D eigenvalue weighted by Gasteiger charge is -2.07. The van der Waals surface area contributed by atoms with E-state index in [9.17, 15) is 19.7 Å². The molecule has 0 unspecified atom stereocenters. The van der Waals surface area contributed by atoms with Crippen molar-refractivity contribution in [2.75, 3.05) is 6.54 Å². The molecule has 1 N–H and O–H groups in total.